The zero-order valence-corrected chi connectivity index (χ0v) is 9.98. The topological polar surface area (TPSA) is 62.2 Å². The van der Waals surface area contributed by atoms with Gasteiger partial charge in [0.25, 0.3) is 0 Å². The second-order valence-electron chi connectivity index (χ2n) is 3.15. The highest BCUT2D eigenvalue weighted by Crippen LogP contribution is 2.25. The average molecular weight is 254 g/mol. The molecule has 6 heteroatoms. The molecule has 0 fully saturated rings. The minimum absolute atomic E-state index is 0.0364. The van der Waals surface area contributed by atoms with Crippen LogP contribution in [0.5, 0.6) is 0 Å². The average Bonchev–Trinajstić information content (AvgIpc) is 2.85. The first-order chi connectivity index (χ1) is 7.75. The summed E-state index contributed by atoms with van der Waals surface area (Å²) in [5.74, 6) is -0.853. The molecule has 0 bridgehead atoms. The molecule has 0 aliphatic heterocycles. The molecule has 0 aromatic carbocycles. The van der Waals surface area contributed by atoms with Gasteiger partial charge in [-0.25, -0.2) is 4.98 Å². The number of nitrogens with zero attached hydrogens (tertiary/aromatic N) is 1. The molecule has 0 spiro atoms. The van der Waals surface area contributed by atoms with Crippen LogP contribution in [0.1, 0.15) is 5.69 Å². The van der Waals surface area contributed by atoms with Crippen molar-refractivity contribution in [2.45, 2.75) is 6.54 Å². The lowest BCUT2D eigenvalue weighted by Gasteiger charge is -1.96. The maximum atomic E-state index is 10.3. The summed E-state index contributed by atoms with van der Waals surface area (Å²) in [5, 5.41) is 18.3. The van der Waals surface area contributed by atoms with Gasteiger partial charge in [-0.15, -0.1) is 11.3 Å². The molecule has 0 aliphatic rings. The maximum Gasteiger partial charge on any atom is 0.317 e. The molecular weight excluding hydrogens is 244 g/mol. The highest BCUT2D eigenvalue weighted by atomic mass is 32.1. The van der Waals surface area contributed by atoms with E-state index in [0.717, 1.165) is 16.3 Å². The standard InChI is InChI=1S/C10H10N2O2S2/c13-9(14)4-11-3-8-6-16-10(12-8)7-1-2-15-5-7/h1-2,5-6,11H,3-4H2,(H,13,14). The number of hydrogen-bond donors (Lipinski definition) is 2. The minimum atomic E-state index is -0.853. The van der Waals surface area contributed by atoms with Crippen LogP contribution in [0.4, 0.5) is 0 Å². The molecule has 0 atom stereocenters. The Bertz CT molecular complexity index is 465. The number of thiazole rings is 1. The Labute approximate surface area is 101 Å². The van der Waals surface area contributed by atoms with Crippen molar-refractivity contribution in [2.24, 2.45) is 0 Å². The fourth-order valence-electron chi connectivity index (χ4n) is 1.20. The van der Waals surface area contributed by atoms with Gasteiger partial charge < -0.3 is 10.4 Å². The number of nitrogens with one attached hydrogen (secondary N) is 1. The molecule has 2 heterocycles. The summed E-state index contributed by atoms with van der Waals surface area (Å²) in [4.78, 5) is 14.7. The summed E-state index contributed by atoms with van der Waals surface area (Å²) in [7, 11) is 0. The molecule has 0 aliphatic carbocycles. The Morgan fingerprint density at radius 2 is 2.38 bits per heavy atom. The van der Waals surface area contributed by atoms with E-state index >= 15 is 0 Å². The lowest BCUT2D eigenvalue weighted by atomic mass is 10.3. The van der Waals surface area contributed by atoms with E-state index in [1.165, 1.54) is 0 Å². The van der Waals surface area contributed by atoms with Crippen molar-refractivity contribution in [3.63, 3.8) is 0 Å². The molecule has 0 saturated heterocycles. The largest absolute Gasteiger partial charge is 0.480 e. The van der Waals surface area contributed by atoms with Crippen LogP contribution in [0.2, 0.25) is 0 Å². The molecule has 4 nitrogen and oxygen atoms in total. The van der Waals surface area contributed by atoms with Crippen molar-refractivity contribution >= 4 is 28.6 Å². The van der Waals surface area contributed by atoms with Crippen molar-refractivity contribution < 1.29 is 9.90 Å². The van der Waals surface area contributed by atoms with Crippen molar-refractivity contribution in [1.29, 1.82) is 0 Å². The molecule has 0 radical (unpaired) electrons. The molecule has 2 N–H and O–H groups in total. The van der Waals surface area contributed by atoms with E-state index < -0.39 is 5.97 Å². The first kappa shape index (κ1) is 11.3. The number of carbonyl (C=O) groups is 1. The molecular formula is C10H10N2O2S2. The zero-order valence-electron chi connectivity index (χ0n) is 8.34. The van der Waals surface area contributed by atoms with Crippen LogP contribution in [0.15, 0.2) is 22.2 Å². The molecule has 16 heavy (non-hydrogen) atoms. The van der Waals surface area contributed by atoms with Gasteiger partial charge in [0.2, 0.25) is 0 Å². The quantitative estimate of drug-likeness (QED) is 0.857. The Hall–Kier alpha value is -1.24. The summed E-state index contributed by atoms with van der Waals surface area (Å²) < 4.78 is 0. The molecule has 84 valence electrons. The number of rotatable bonds is 5. The summed E-state index contributed by atoms with van der Waals surface area (Å²) in [6.45, 7) is 0.457. The molecule has 0 amide bonds. The van der Waals surface area contributed by atoms with Crippen molar-refractivity contribution in [1.82, 2.24) is 10.3 Å². The second kappa shape index (κ2) is 5.20. The normalized spacial score (nSPS) is 10.5. The Kier molecular flexibility index (Phi) is 3.66. The van der Waals surface area contributed by atoms with E-state index in [-0.39, 0.29) is 6.54 Å². The predicted octanol–water partition coefficient (Wildman–Crippen LogP) is 2.05. The number of aliphatic carboxylic acids is 1. The van der Waals surface area contributed by atoms with Gasteiger partial charge in [0.15, 0.2) is 0 Å². The number of thiophene rings is 1. The summed E-state index contributed by atoms with van der Waals surface area (Å²) in [6.07, 6.45) is 0. The van der Waals surface area contributed by atoms with E-state index in [4.69, 9.17) is 5.11 Å². The van der Waals surface area contributed by atoms with Crippen LogP contribution in [-0.2, 0) is 11.3 Å². The zero-order chi connectivity index (χ0) is 11.4. The van der Waals surface area contributed by atoms with Gasteiger partial charge in [-0.05, 0) is 11.4 Å². The van der Waals surface area contributed by atoms with Gasteiger partial charge in [0.1, 0.15) is 5.01 Å². The van der Waals surface area contributed by atoms with E-state index in [1.54, 1.807) is 22.7 Å². The fourth-order valence-corrected chi connectivity index (χ4v) is 2.74. The number of carboxylic acids is 1. The first-order valence-corrected chi connectivity index (χ1v) is 6.47. The maximum absolute atomic E-state index is 10.3. The van der Waals surface area contributed by atoms with Gasteiger partial charge in [-0.3, -0.25) is 4.79 Å². The van der Waals surface area contributed by atoms with Gasteiger partial charge in [-0.2, -0.15) is 11.3 Å². The van der Waals surface area contributed by atoms with Crippen LogP contribution in [0.25, 0.3) is 10.6 Å². The lowest BCUT2D eigenvalue weighted by Crippen LogP contribution is -2.21. The Morgan fingerprint density at radius 3 is 3.06 bits per heavy atom. The van der Waals surface area contributed by atoms with Crippen LogP contribution in [0.3, 0.4) is 0 Å². The summed E-state index contributed by atoms with van der Waals surface area (Å²) in [6, 6.07) is 2.03. The highest BCUT2D eigenvalue weighted by molar-refractivity contribution is 7.14. The molecule has 0 saturated carbocycles. The number of aromatic nitrogens is 1. The monoisotopic (exact) mass is 254 g/mol. The molecule has 0 unspecified atom stereocenters. The van der Waals surface area contributed by atoms with Crippen molar-refractivity contribution in [3.05, 3.63) is 27.9 Å². The van der Waals surface area contributed by atoms with Gasteiger partial charge in [0.05, 0.1) is 12.2 Å². The summed E-state index contributed by atoms with van der Waals surface area (Å²) in [5.41, 5.74) is 2.01. The smallest absolute Gasteiger partial charge is 0.317 e. The van der Waals surface area contributed by atoms with Crippen LogP contribution >= 0.6 is 22.7 Å². The number of carboxylic acid groups (broad SMARTS) is 1. The highest BCUT2D eigenvalue weighted by Gasteiger charge is 2.05. The van der Waals surface area contributed by atoms with E-state index in [0.29, 0.717) is 6.54 Å². The van der Waals surface area contributed by atoms with Crippen LogP contribution in [0, 0.1) is 0 Å². The van der Waals surface area contributed by atoms with Crippen LogP contribution < -0.4 is 5.32 Å². The van der Waals surface area contributed by atoms with Crippen molar-refractivity contribution in [3.8, 4) is 10.6 Å². The minimum Gasteiger partial charge on any atom is -0.480 e. The SMILES string of the molecule is O=C(O)CNCc1csc(-c2ccsc2)n1. The van der Waals surface area contributed by atoms with E-state index in [2.05, 4.69) is 10.3 Å². The molecule has 2 rings (SSSR count). The van der Waals surface area contributed by atoms with Gasteiger partial charge in [0, 0.05) is 22.9 Å². The Balaban J connectivity index is 1.95. The van der Waals surface area contributed by atoms with Crippen LogP contribution in [-0.4, -0.2) is 22.6 Å². The van der Waals surface area contributed by atoms with Gasteiger partial charge in [-0.1, -0.05) is 0 Å². The Morgan fingerprint density at radius 1 is 1.50 bits per heavy atom. The molecule has 2 aromatic rings. The van der Waals surface area contributed by atoms with E-state index in [1.807, 2.05) is 22.2 Å². The molecule has 2 aromatic heterocycles. The van der Waals surface area contributed by atoms with E-state index in [9.17, 15) is 4.79 Å². The van der Waals surface area contributed by atoms with Gasteiger partial charge >= 0.3 is 5.97 Å². The predicted molar refractivity (Wildman–Crippen MR) is 64.8 cm³/mol. The second-order valence-corrected chi connectivity index (χ2v) is 4.79. The number of hydrogen-bond acceptors (Lipinski definition) is 5. The third kappa shape index (κ3) is 2.88. The lowest BCUT2D eigenvalue weighted by molar-refractivity contribution is -0.135. The first-order valence-electron chi connectivity index (χ1n) is 4.65. The third-order valence-corrected chi connectivity index (χ3v) is 3.53. The third-order valence-electron chi connectivity index (χ3n) is 1.90. The summed E-state index contributed by atoms with van der Waals surface area (Å²) >= 11 is 3.21. The van der Waals surface area contributed by atoms with Crippen molar-refractivity contribution in [2.75, 3.05) is 6.54 Å². The fraction of sp³-hybridized carbons (Fsp3) is 0.200.